The molecule has 0 radical (unpaired) electrons. The number of pyridine rings is 1. The van der Waals surface area contributed by atoms with Gasteiger partial charge in [0.1, 0.15) is 11.6 Å². The number of anilines is 2. The summed E-state index contributed by atoms with van der Waals surface area (Å²) in [6.45, 7) is 2.97. The highest BCUT2D eigenvalue weighted by atomic mass is 16.5. The maximum atomic E-state index is 5.70. The Morgan fingerprint density at radius 2 is 2.00 bits per heavy atom. The van der Waals surface area contributed by atoms with Crippen molar-refractivity contribution in [2.45, 2.75) is 12.6 Å². The van der Waals surface area contributed by atoms with Crippen molar-refractivity contribution < 1.29 is 4.74 Å². The number of hydrogen-bond donors (Lipinski definition) is 1. The van der Waals surface area contributed by atoms with Gasteiger partial charge in [-0.25, -0.2) is 9.97 Å². The van der Waals surface area contributed by atoms with E-state index in [0.717, 1.165) is 37.0 Å². The van der Waals surface area contributed by atoms with E-state index in [4.69, 9.17) is 9.72 Å². The number of ether oxygens (including phenoxy) is 1. The van der Waals surface area contributed by atoms with E-state index < -0.39 is 0 Å². The van der Waals surface area contributed by atoms with Crippen LogP contribution < -0.4 is 5.32 Å². The van der Waals surface area contributed by atoms with Crippen LogP contribution in [0.3, 0.4) is 0 Å². The second-order valence-corrected chi connectivity index (χ2v) is 6.21. The van der Waals surface area contributed by atoms with Crippen molar-refractivity contribution in [1.29, 1.82) is 0 Å². The first-order valence-corrected chi connectivity index (χ1v) is 8.74. The molecule has 0 amide bonds. The van der Waals surface area contributed by atoms with Crippen LogP contribution in [0.25, 0.3) is 0 Å². The first kappa shape index (κ1) is 16.6. The van der Waals surface area contributed by atoms with Crippen LogP contribution in [0.5, 0.6) is 0 Å². The molecular formula is C20H21N5O. The molecular weight excluding hydrogens is 326 g/mol. The number of hydrogen-bond acceptors (Lipinski definition) is 6. The first-order valence-electron chi connectivity index (χ1n) is 8.74. The molecule has 1 N–H and O–H groups in total. The molecule has 1 aliphatic rings. The summed E-state index contributed by atoms with van der Waals surface area (Å²) in [6.07, 6.45) is 5.49. The SMILES string of the molecule is c1ccc(Nc2ccnc([C@@H]3COCCN3Cc3cccnc3)n2)cc1. The number of benzene rings is 1. The molecule has 2 aromatic heterocycles. The minimum Gasteiger partial charge on any atom is -0.378 e. The van der Waals surface area contributed by atoms with Crippen LogP contribution >= 0.6 is 0 Å². The molecule has 0 bridgehead atoms. The lowest BCUT2D eigenvalue weighted by molar-refractivity contribution is -0.0159. The lowest BCUT2D eigenvalue weighted by Gasteiger charge is -2.34. The molecule has 1 saturated heterocycles. The van der Waals surface area contributed by atoms with E-state index in [1.165, 1.54) is 5.56 Å². The smallest absolute Gasteiger partial charge is 0.150 e. The van der Waals surface area contributed by atoms with Gasteiger partial charge >= 0.3 is 0 Å². The molecule has 26 heavy (non-hydrogen) atoms. The summed E-state index contributed by atoms with van der Waals surface area (Å²) >= 11 is 0. The number of aromatic nitrogens is 3. The van der Waals surface area contributed by atoms with Gasteiger partial charge in [0.25, 0.3) is 0 Å². The molecule has 3 heterocycles. The predicted molar refractivity (Wildman–Crippen MR) is 100.0 cm³/mol. The van der Waals surface area contributed by atoms with Gasteiger partial charge in [0.2, 0.25) is 0 Å². The van der Waals surface area contributed by atoms with E-state index >= 15 is 0 Å². The average molecular weight is 347 g/mol. The van der Waals surface area contributed by atoms with E-state index in [2.05, 4.69) is 26.3 Å². The molecule has 132 valence electrons. The number of nitrogens with zero attached hydrogens (tertiary/aromatic N) is 4. The molecule has 6 nitrogen and oxygen atoms in total. The van der Waals surface area contributed by atoms with E-state index in [1.54, 1.807) is 12.4 Å². The van der Waals surface area contributed by atoms with Gasteiger partial charge in [-0.15, -0.1) is 0 Å². The fraction of sp³-hybridized carbons (Fsp3) is 0.250. The lowest BCUT2D eigenvalue weighted by atomic mass is 10.1. The third kappa shape index (κ3) is 4.04. The van der Waals surface area contributed by atoms with Gasteiger partial charge < -0.3 is 10.1 Å². The van der Waals surface area contributed by atoms with Gasteiger partial charge in [-0.1, -0.05) is 24.3 Å². The largest absolute Gasteiger partial charge is 0.378 e. The summed E-state index contributed by atoms with van der Waals surface area (Å²) in [7, 11) is 0. The summed E-state index contributed by atoms with van der Waals surface area (Å²) in [4.78, 5) is 15.8. The zero-order valence-corrected chi connectivity index (χ0v) is 14.5. The Kier molecular flexibility index (Phi) is 5.14. The zero-order valence-electron chi connectivity index (χ0n) is 14.5. The molecule has 1 fully saturated rings. The number of rotatable bonds is 5. The molecule has 1 aliphatic heterocycles. The van der Waals surface area contributed by atoms with Crippen LogP contribution in [0, 0.1) is 0 Å². The standard InChI is InChI=1S/C20H21N5O/c1-2-6-17(7-3-1)23-19-8-10-22-20(24-19)18-15-26-12-11-25(18)14-16-5-4-9-21-13-16/h1-10,13,18H,11-12,14-15H2,(H,22,23,24)/t18-/m0/s1. The Hall–Kier alpha value is -2.83. The van der Waals surface area contributed by atoms with Gasteiger partial charge in [-0.3, -0.25) is 9.88 Å². The fourth-order valence-electron chi connectivity index (χ4n) is 3.06. The Balaban J connectivity index is 1.53. The van der Waals surface area contributed by atoms with Crippen molar-refractivity contribution in [3.05, 3.63) is 78.5 Å². The van der Waals surface area contributed by atoms with Crippen LogP contribution in [0.4, 0.5) is 11.5 Å². The first-order chi connectivity index (χ1) is 12.9. The van der Waals surface area contributed by atoms with Crippen LogP contribution in [0.15, 0.2) is 67.1 Å². The third-order valence-corrected chi connectivity index (χ3v) is 4.37. The van der Waals surface area contributed by atoms with E-state index in [9.17, 15) is 0 Å². The highest BCUT2D eigenvalue weighted by molar-refractivity contribution is 5.55. The summed E-state index contributed by atoms with van der Waals surface area (Å²) in [5.41, 5.74) is 2.18. The second kappa shape index (κ2) is 8.03. The van der Waals surface area contributed by atoms with E-state index in [1.807, 2.05) is 48.7 Å². The van der Waals surface area contributed by atoms with Crippen LogP contribution in [-0.4, -0.2) is 39.6 Å². The third-order valence-electron chi connectivity index (χ3n) is 4.37. The highest BCUT2D eigenvalue weighted by Gasteiger charge is 2.27. The van der Waals surface area contributed by atoms with Crippen LogP contribution in [0.1, 0.15) is 17.4 Å². The van der Waals surface area contributed by atoms with Gasteiger partial charge in [0, 0.05) is 37.4 Å². The minimum absolute atomic E-state index is 0.0291. The maximum Gasteiger partial charge on any atom is 0.150 e. The molecule has 0 unspecified atom stereocenters. The molecule has 6 heteroatoms. The Labute approximate surface area is 152 Å². The Bertz CT molecular complexity index is 828. The second-order valence-electron chi connectivity index (χ2n) is 6.21. The van der Waals surface area contributed by atoms with Gasteiger partial charge in [0.15, 0.2) is 0 Å². The van der Waals surface area contributed by atoms with Crippen molar-refractivity contribution in [2.75, 3.05) is 25.1 Å². The number of morpholine rings is 1. The topological polar surface area (TPSA) is 63.2 Å². The molecule has 4 rings (SSSR count). The fourth-order valence-corrected chi connectivity index (χ4v) is 3.06. The summed E-state index contributed by atoms with van der Waals surface area (Å²) in [5, 5.41) is 3.33. The lowest BCUT2D eigenvalue weighted by Crippen LogP contribution is -2.39. The van der Waals surface area contributed by atoms with Crippen LogP contribution in [0.2, 0.25) is 0 Å². The zero-order chi connectivity index (χ0) is 17.6. The average Bonchev–Trinajstić information content (AvgIpc) is 2.70. The van der Waals surface area contributed by atoms with Crippen molar-refractivity contribution >= 4 is 11.5 Å². The summed E-state index contributed by atoms with van der Waals surface area (Å²) in [5.74, 6) is 1.56. The molecule has 1 aromatic carbocycles. The van der Waals surface area contributed by atoms with Gasteiger partial charge in [0.05, 0.1) is 19.3 Å². The monoisotopic (exact) mass is 347 g/mol. The van der Waals surface area contributed by atoms with E-state index in [0.29, 0.717) is 6.61 Å². The van der Waals surface area contributed by atoms with Crippen molar-refractivity contribution in [3.8, 4) is 0 Å². The molecule has 0 aliphatic carbocycles. The predicted octanol–water partition coefficient (Wildman–Crippen LogP) is 3.19. The van der Waals surface area contributed by atoms with Gasteiger partial charge in [-0.05, 0) is 29.8 Å². The normalized spacial score (nSPS) is 17.8. The summed E-state index contributed by atoms with van der Waals surface area (Å²) in [6, 6.07) is 16.0. The van der Waals surface area contributed by atoms with Crippen molar-refractivity contribution in [3.63, 3.8) is 0 Å². The van der Waals surface area contributed by atoms with Gasteiger partial charge in [-0.2, -0.15) is 0 Å². The quantitative estimate of drug-likeness (QED) is 0.765. The van der Waals surface area contributed by atoms with Crippen LogP contribution in [-0.2, 0) is 11.3 Å². The number of para-hydroxylation sites is 1. The minimum atomic E-state index is 0.0291. The molecule has 1 atom stereocenters. The molecule has 0 saturated carbocycles. The Morgan fingerprint density at radius 3 is 2.85 bits per heavy atom. The van der Waals surface area contributed by atoms with E-state index in [-0.39, 0.29) is 6.04 Å². The van der Waals surface area contributed by atoms with Crippen molar-refractivity contribution in [2.24, 2.45) is 0 Å². The number of nitrogens with one attached hydrogen (secondary N) is 1. The molecule has 0 spiro atoms. The highest BCUT2D eigenvalue weighted by Crippen LogP contribution is 2.24. The van der Waals surface area contributed by atoms with Crippen molar-refractivity contribution in [1.82, 2.24) is 19.9 Å². The summed E-state index contributed by atoms with van der Waals surface area (Å²) < 4.78 is 5.70. The maximum absolute atomic E-state index is 5.70. The molecule has 3 aromatic rings. The Morgan fingerprint density at radius 1 is 1.08 bits per heavy atom.